The van der Waals surface area contributed by atoms with Gasteiger partial charge in [0.05, 0.1) is 22.7 Å². The molecule has 0 saturated carbocycles. The van der Waals surface area contributed by atoms with E-state index in [0.717, 1.165) is 11.8 Å². The molecular weight excluding hydrogens is 374 g/mol. The first-order valence-corrected chi connectivity index (χ1v) is 8.73. The first-order chi connectivity index (χ1) is 12.5. The van der Waals surface area contributed by atoms with Gasteiger partial charge in [-0.15, -0.1) is 0 Å². The van der Waals surface area contributed by atoms with E-state index in [9.17, 15) is 15.0 Å². The number of rotatable bonds is 3. The van der Waals surface area contributed by atoms with Crippen molar-refractivity contribution in [1.29, 1.82) is 0 Å². The van der Waals surface area contributed by atoms with E-state index in [2.05, 4.69) is 4.99 Å². The molecular formula is C19H14ClNO4S. The number of carbonyl (C=O) groups excluding carboxylic acids is 1. The number of benzene rings is 2. The molecule has 1 heterocycles. The van der Waals surface area contributed by atoms with Gasteiger partial charge in [-0.2, -0.15) is 0 Å². The molecule has 2 N–H and O–H groups in total. The fourth-order valence-electron chi connectivity index (χ4n) is 2.29. The van der Waals surface area contributed by atoms with Crippen LogP contribution in [0.4, 0.5) is 5.69 Å². The number of phenols is 1. The van der Waals surface area contributed by atoms with Gasteiger partial charge in [0, 0.05) is 5.56 Å². The van der Waals surface area contributed by atoms with Gasteiger partial charge < -0.3 is 14.9 Å². The summed E-state index contributed by atoms with van der Waals surface area (Å²) >= 11 is 7.22. The summed E-state index contributed by atoms with van der Waals surface area (Å²) in [5.74, 6) is -0.901. The van der Waals surface area contributed by atoms with Crippen molar-refractivity contribution < 1.29 is 19.7 Å². The van der Waals surface area contributed by atoms with E-state index >= 15 is 0 Å². The summed E-state index contributed by atoms with van der Waals surface area (Å²) in [6.45, 7) is 0. The Morgan fingerprint density at radius 1 is 1.15 bits per heavy atom. The van der Waals surface area contributed by atoms with E-state index in [4.69, 9.17) is 16.3 Å². The molecule has 0 atom stereocenters. The highest BCUT2D eigenvalue weighted by molar-refractivity contribution is 8.18. The Kier molecular flexibility index (Phi) is 5.35. The summed E-state index contributed by atoms with van der Waals surface area (Å²) in [7, 11) is 1.23. The van der Waals surface area contributed by atoms with Gasteiger partial charge in [-0.3, -0.25) is 0 Å². The number of hydrogen-bond donors (Lipinski definition) is 2. The number of thioether (sulfide) groups is 1. The highest BCUT2D eigenvalue weighted by Crippen LogP contribution is 2.41. The topological polar surface area (TPSA) is 79.1 Å². The van der Waals surface area contributed by atoms with E-state index in [1.165, 1.54) is 13.2 Å². The van der Waals surface area contributed by atoms with Crippen LogP contribution in [0.1, 0.15) is 5.56 Å². The Bertz CT molecular complexity index is 966. The van der Waals surface area contributed by atoms with Crippen molar-refractivity contribution in [1.82, 2.24) is 0 Å². The normalized spacial score (nSPS) is 17.2. The minimum absolute atomic E-state index is 0.0425. The van der Waals surface area contributed by atoms with Crippen LogP contribution in [0.2, 0.25) is 5.02 Å². The third-order valence-corrected chi connectivity index (χ3v) is 4.92. The number of phenolic OH excluding ortho intramolecular Hbond substituents is 1. The van der Waals surface area contributed by atoms with Crippen molar-refractivity contribution in [2.24, 2.45) is 4.99 Å². The summed E-state index contributed by atoms with van der Waals surface area (Å²) in [6, 6.07) is 13.6. The van der Waals surface area contributed by atoms with Crippen LogP contribution in [-0.2, 0) is 9.53 Å². The SMILES string of the molecule is COC(=O)C1=C(O)/C(=C\c2ccccc2O)SC1=Nc1ccccc1Cl. The molecule has 7 heteroatoms. The van der Waals surface area contributed by atoms with Crippen LogP contribution in [-0.4, -0.2) is 28.3 Å². The summed E-state index contributed by atoms with van der Waals surface area (Å²) in [5.41, 5.74) is 0.929. The first-order valence-electron chi connectivity index (χ1n) is 7.54. The number of methoxy groups -OCH3 is 1. The Morgan fingerprint density at radius 2 is 1.85 bits per heavy atom. The number of para-hydroxylation sites is 2. The number of aliphatic imine (C=N–C) groups is 1. The smallest absolute Gasteiger partial charge is 0.344 e. The highest BCUT2D eigenvalue weighted by atomic mass is 35.5. The van der Waals surface area contributed by atoms with E-state index < -0.39 is 5.97 Å². The summed E-state index contributed by atoms with van der Waals surface area (Å²) in [5, 5.41) is 21.1. The molecule has 0 radical (unpaired) electrons. The van der Waals surface area contributed by atoms with Gasteiger partial charge in [-0.25, -0.2) is 9.79 Å². The number of ether oxygens (including phenoxy) is 1. The second-order valence-corrected chi connectivity index (χ2v) is 6.69. The van der Waals surface area contributed by atoms with Gasteiger partial charge >= 0.3 is 5.97 Å². The lowest BCUT2D eigenvalue weighted by Gasteiger charge is -2.03. The summed E-state index contributed by atoms with van der Waals surface area (Å²) in [6.07, 6.45) is 1.58. The lowest BCUT2D eigenvalue weighted by atomic mass is 10.1. The van der Waals surface area contributed by atoms with E-state index in [1.807, 2.05) is 0 Å². The molecule has 0 saturated heterocycles. The zero-order valence-electron chi connectivity index (χ0n) is 13.6. The fraction of sp³-hybridized carbons (Fsp3) is 0.0526. The largest absolute Gasteiger partial charge is 0.507 e. The average Bonchev–Trinajstić information content (AvgIpc) is 2.93. The number of aliphatic hydroxyl groups excluding tert-OH is 1. The third kappa shape index (κ3) is 3.61. The number of nitrogens with zero attached hydrogens (tertiary/aromatic N) is 1. The molecule has 2 aromatic carbocycles. The second kappa shape index (κ2) is 7.68. The number of hydrogen-bond acceptors (Lipinski definition) is 6. The molecule has 5 nitrogen and oxygen atoms in total. The molecule has 0 spiro atoms. The molecule has 2 aromatic rings. The van der Waals surface area contributed by atoms with Crippen LogP contribution < -0.4 is 0 Å². The lowest BCUT2D eigenvalue weighted by molar-refractivity contribution is -0.135. The Morgan fingerprint density at radius 3 is 2.54 bits per heavy atom. The monoisotopic (exact) mass is 387 g/mol. The predicted octanol–water partition coefficient (Wildman–Crippen LogP) is 4.85. The first kappa shape index (κ1) is 18.1. The van der Waals surface area contributed by atoms with E-state index in [0.29, 0.717) is 21.2 Å². The van der Waals surface area contributed by atoms with Crippen molar-refractivity contribution in [3.05, 3.63) is 75.4 Å². The molecule has 132 valence electrons. The number of carbonyl (C=O) groups is 1. The standard InChI is InChI=1S/C19H14ClNO4S/c1-25-19(24)16-17(23)15(10-11-6-2-5-9-14(11)22)26-18(16)21-13-8-4-3-7-12(13)20/h2-10,22-23H,1H3/b15-10+,21-18?. The summed E-state index contributed by atoms with van der Waals surface area (Å²) < 4.78 is 4.76. The van der Waals surface area contributed by atoms with Crippen molar-refractivity contribution in [3.8, 4) is 5.75 Å². The summed E-state index contributed by atoms with van der Waals surface area (Å²) in [4.78, 5) is 16.9. The zero-order chi connectivity index (χ0) is 18.7. The number of esters is 1. The van der Waals surface area contributed by atoms with Gasteiger partial charge in [-0.1, -0.05) is 53.7 Å². The quantitative estimate of drug-likeness (QED) is 0.736. The molecule has 1 aliphatic rings. The maximum absolute atomic E-state index is 12.1. The third-order valence-electron chi connectivity index (χ3n) is 3.58. The molecule has 3 rings (SSSR count). The number of aliphatic hydroxyl groups is 1. The van der Waals surface area contributed by atoms with Crippen molar-refractivity contribution in [2.45, 2.75) is 0 Å². The fourth-order valence-corrected chi connectivity index (χ4v) is 3.49. The van der Waals surface area contributed by atoms with E-state index in [-0.39, 0.29) is 22.1 Å². The molecule has 0 fully saturated rings. The maximum Gasteiger partial charge on any atom is 0.344 e. The molecule has 0 bridgehead atoms. The number of halogens is 1. The van der Waals surface area contributed by atoms with Crippen LogP contribution in [0.5, 0.6) is 5.75 Å². The predicted molar refractivity (Wildman–Crippen MR) is 104 cm³/mol. The van der Waals surface area contributed by atoms with Gasteiger partial charge in [0.15, 0.2) is 0 Å². The Labute approximate surface area is 159 Å². The Hall–Kier alpha value is -2.70. The molecule has 1 aliphatic heterocycles. The number of aromatic hydroxyl groups is 1. The minimum atomic E-state index is -0.707. The van der Waals surface area contributed by atoms with Crippen LogP contribution >= 0.6 is 23.4 Å². The highest BCUT2D eigenvalue weighted by Gasteiger charge is 2.33. The van der Waals surface area contributed by atoms with Crippen LogP contribution in [0, 0.1) is 0 Å². The van der Waals surface area contributed by atoms with Crippen molar-refractivity contribution in [2.75, 3.05) is 7.11 Å². The van der Waals surface area contributed by atoms with Gasteiger partial charge in [0.1, 0.15) is 22.1 Å². The van der Waals surface area contributed by atoms with Gasteiger partial charge in [0.2, 0.25) is 0 Å². The molecule has 0 aliphatic carbocycles. The van der Waals surface area contributed by atoms with E-state index in [1.54, 1.807) is 48.5 Å². The van der Waals surface area contributed by atoms with Crippen LogP contribution in [0.25, 0.3) is 6.08 Å². The van der Waals surface area contributed by atoms with Crippen LogP contribution in [0.3, 0.4) is 0 Å². The minimum Gasteiger partial charge on any atom is -0.507 e. The molecule has 26 heavy (non-hydrogen) atoms. The molecule has 0 amide bonds. The Balaban J connectivity index is 2.09. The van der Waals surface area contributed by atoms with Gasteiger partial charge in [-0.05, 0) is 24.3 Å². The van der Waals surface area contributed by atoms with Crippen molar-refractivity contribution in [3.63, 3.8) is 0 Å². The zero-order valence-corrected chi connectivity index (χ0v) is 15.2. The molecule has 0 aromatic heterocycles. The van der Waals surface area contributed by atoms with Gasteiger partial charge in [0.25, 0.3) is 0 Å². The second-order valence-electron chi connectivity index (χ2n) is 5.25. The lowest BCUT2D eigenvalue weighted by Crippen LogP contribution is -2.10. The average molecular weight is 388 g/mol. The maximum atomic E-state index is 12.1. The van der Waals surface area contributed by atoms with Crippen molar-refractivity contribution >= 4 is 46.1 Å². The van der Waals surface area contributed by atoms with Crippen LogP contribution in [0.15, 0.2) is 69.8 Å². The molecule has 0 unspecified atom stereocenters.